The molecule has 1 aliphatic heterocycles. The lowest BCUT2D eigenvalue weighted by Gasteiger charge is -2.24. The topological polar surface area (TPSA) is 55.6 Å². The third-order valence-electron chi connectivity index (χ3n) is 2.81. The standard InChI is InChI=1S/C10H20N2O2.ClH/c1-12(10(13)8-11)5-2-9-3-6-14-7-4-9;/h9H,2-8,11H2,1H3;1H. The van der Waals surface area contributed by atoms with Gasteiger partial charge in [-0.15, -0.1) is 12.4 Å². The molecule has 0 spiro atoms. The fourth-order valence-electron chi connectivity index (χ4n) is 1.69. The Labute approximate surface area is 97.5 Å². The van der Waals surface area contributed by atoms with Crippen LogP contribution in [0.1, 0.15) is 19.3 Å². The molecule has 1 heterocycles. The first-order valence-electron chi connectivity index (χ1n) is 5.26. The molecule has 0 aromatic carbocycles. The summed E-state index contributed by atoms with van der Waals surface area (Å²) in [5, 5.41) is 0. The normalized spacial score (nSPS) is 16.9. The predicted octanol–water partition coefficient (Wildman–Crippen LogP) is 0.642. The maximum atomic E-state index is 11.2. The molecule has 5 heteroatoms. The van der Waals surface area contributed by atoms with Crippen molar-refractivity contribution in [2.24, 2.45) is 11.7 Å². The van der Waals surface area contributed by atoms with Gasteiger partial charge in [0.2, 0.25) is 5.91 Å². The molecule has 4 nitrogen and oxygen atoms in total. The number of rotatable bonds is 4. The fourth-order valence-corrected chi connectivity index (χ4v) is 1.69. The highest BCUT2D eigenvalue weighted by Gasteiger charge is 2.15. The smallest absolute Gasteiger partial charge is 0.236 e. The van der Waals surface area contributed by atoms with Gasteiger partial charge in [-0.2, -0.15) is 0 Å². The molecule has 1 amide bonds. The van der Waals surface area contributed by atoms with Gasteiger partial charge >= 0.3 is 0 Å². The van der Waals surface area contributed by atoms with Crippen LogP contribution in [0.3, 0.4) is 0 Å². The Morgan fingerprint density at radius 1 is 1.47 bits per heavy atom. The zero-order valence-electron chi connectivity index (χ0n) is 9.28. The number of hydrogen-bond acceptors (Lipinski definition) is 3. The van der Waals surface area contributed by atoms with E-state index >= 15 is 0 Å². The summed E-state index contributed by atoms with van der Waals surface area (Å²) in [5.74, 6) is 0.744. The molecule has 1 saturated heterocycles. The molecule has 1 rings (SSSR count). The number of halogens is 1. The Kier molecular flexibility index (Phi) is 7.74. The Morgan fingerprint density at radius 3 is 2.60 bits per heavy atom. The van der Waals surface area contributed by atoms with Gasteiger partial charge in [-0.3, -0.25) is 4.79 Å². The summed E-state index contributed by atoms with van der Waals surface area (Å²) in [7, 11) is 1.81. The third kappa shape index (κ3) is 5.35. The second kappa shape index (κ2) is 7.91. The fraction of sp³-hybridized carbons (Fsp3) is 0.900. The molecule has 0 aromatic heterocycles. The number of carbonyl (C=O) groups excluding carboxylic acids is 1. The molecule has 0 bridgehead atoms. The van der Waals surface area contributed by atoms with Gasteiger partial charge in [0.25, 0.3) is 0 Å². The summed E-state index contributed by atoms with van der Waals surface area (Å²) in [6, 6.07) is 0. The number of nitrogens with two attached hydrogens (primary N) is 1. The minimum absolute atomic E-state index is 0. The lowest BCUT2D eigenvalue weighted by Crippen LogP contribution is -2.34. The van der Waals surface area contributed by atoms with Crippen molar-refractivity contribution in [3.63, 3.8) is 0 Å². The van der Waals surface area contributed by atoms with Crippen LogP contribution >= 0.6 is 12.4 Å². The van der Waals surface area contributed by atoms with Gasteiger partial charge in [-0.1, -0.05) is 0 Å². The van der Waals surface area contributed by atoms with Crippen molar-refractivity contribution in [3.05, 3.63) is 0 Å². The lowest BCUT2D eigenvalue weighted by atomic mass is 9.96. The van der Waals surface area contributed by atoms with Crippen molar-refractivity contribution < 1.29 is 9.53 Å². The van der Waals surface area contributed by atoms with Crippen LogP contribution in [0.25, 0.3) is 0 Å². The van der Waals surface area contributed by atoms with Crippen LogP contribution in [0.15, 0.2) is 0 Å². The summed E-state index contributed by atoms with van der Waals surface area (Å²) in [6.45, 7) is 2.68. The van der Waals surface area contributed by atoms with E-state index in [2.05, 4.69) is 0 Å². The van der Waals surface area contributed by atoms with Crippen molar-refractivity contribution in [2.75, 3.05) is 33.4 Å². The highest BCUT2D eigenvalue weighted by Crippen LogP contribution is 2.18. The van der Waals surface area contributed by atoms with Crippen LogP contribution < -0.4 is 5.73 Å². The van der Waals surface area contributed by atoms with Crippen LogP contribution in [0, 0.1) is 5.92 Å². The van der Waals surface area contributed by atoms with Gasteiger partial charge in [0.15, 0.2) is 0 Å². The number of carbonyl (C=O) groups is 1. The van der Waals surface area contributed by atoms with E-state index in [1.165, 1.54) is 0 Å². The van der Waals surface area contributed by atoms with Crippen molar-refractivity contribution in [1.82, 2.24) is 4.90 Å². The molecule has 2 N–H and O–H groups in total. The van der Waals surface area contributed by atoms with Gasteiger partial charge in [-0.05, 0) is 25.2 Å². The second-order valence-electron chi connectivity index (χ2n) is 3.86. The van der Waals surface area contributed by atoms with E-state index in [4.69, 9.17) is 10.5 Å². The van der Waals surface area contributed by atoms with Crippen LogP contribution in [0.4, 0.5) is 0 Å². The summed E-state index contributed by atoms with van der Waals surface area (Å²) in [6.07, 6.45) is 3.33. The largest absolute Gasteiger partial charge is 0.381 e. The first kappa shape index (κ1) is 14.7. The highest BCUT2D eigenvalue weighted by molar-refractivity contribution is 5.85. The van der Waals surface area contributed by atoms with E-state index in [1.807, 2.05) is 7.05 Å². The number of hydrogen-bond donors (Lipinski definition) is 1. The Hall–Kier alpha value is -0.320. The van der Waals surface area contributed by atoms with Gasteiger partial charge in [0.05, 0.1) is 6.54 Å². The number of ether oxygens (including phenoxy) is 1. The summed E-state index contributed by atoms with van der Waals surface area (Å²) in [4.78, 5) is 12.9. The van der Waals surface area contributed by atoms with E-state index < -0.39 is 0 Å². The molecular formula is C10H21ClN2O2. The van der Waals surface area contributed by atoms with Crippen LogP contribution in [-0.4, -0.2) is 44.2 Å². The molecule has 15 heavy (non-hydrogen) atoms. The van der Waals surface area contributed by atoms with Crippen molar-refractivity contribution >= 4 is 18.3 Å². The van der Waals surface area contributed by atoms with Crippen molar-refractivity contribution in [3.8, 4) is 0 Å². The van der Waals surface area contributed by atoms with Gasteiger partial charge in [0, 0.05) is 26.8 Å². The average Bonchev–Trinajstić information content (AvgIpc) is 2.26. The number of amides is 1. The second-order valence-corrected chi connectivity index (χ2v) is 3.86. The molecule has 0 atom stereocenters. The Balaban J connectivity index is 0.00000196. The molecule has 0 saturated carbocycles. The quantitative estimate of drug-likeness (QED) is 0.780. The molecule has 1 fully saturated rings. The minimum atomic E-state index is 0. The first-order valence-corrected chi connectivity index (χ1v) is 5.26. The molecule has 0 aromatic rings. The van der Waals surface area contributed by atoms with Crippen LogP contribution in [-0.2, 0) is 9.53 Å². The maximum absolute atomic E-state index is 11.2. The van der Waals surface area contributed by atoms with E-state index in [0.717, 1.165) is 44.9 Å². The zero-order valence-corrected chi connectivity index (χ0v) is 10.1. The summed E-state index contributed by atoms with van der Waals surface area (Å²) < 4.78 is 5.27. The lowest BCUT2D eigenvalue weighted by molar-refractivity contribution is -0.128. The van der Waals surface area contributed by atoms with Gasteiger partial charge < -0.3 is 15.4 Å². The Morgan fingerprint density at radius 2 is 2.07 bits per heavy atom. The third-order valence-corrected chi connectivity index (χ3v) is 2.81. The number of likely N-dealkylation sites (N-methyl/N-ethyl adjacent to an activating group) is 1. The summed E-state index contributed by atoms with van der Waals surface area (Å²) >= 11 is 0. The minimum Gasteiger partial charge on any atom is -0.381 e. The molecule has 1 aliphatic rings. The maximum Gasteiger partial charge on any atom is 0.236 e. The molecule has 0 radical (unpaired) electrons. The summed E-state index contributed by atoms with van der Waals surface area (Å²) in [5.41, 5.74) is 5.27. The van der Waals surface area contributed by atoms with E-state index in [1.54, 1.807) is 4.90 Å². The zero-order chi connectivity index (χ0) is 10.4. The molecular weight excluding hydrogens is 216 g/mol. The van der Waals surface area contributed by atoms with Gasteiger partial charge in [-0.25, -0.2) is 0 Å². The average molecular weight is 237 g/mol. The monoisotopic (exact) mass is 236 g/mol. The number of nitrogens with zero attached hydrogens (tertiary/aromatic N) is 1. The van der Waals surface area contributed by atoms with E-state index in [0.29, 0.717) is 0 Å². The molecule has 0 aliphatic carbocycles. The first-order chi connectivity index (χ1) is 6.74. The highest BCUT2D eigenvalue weighted by atomic mass is 35.5. The van der Waals surface area contributed by atoms with Crippen LogP contribution in [0.5, 0.6) is 0 Å². The van der Waals surface area contributed by atoms with E-state index in [9.17, 15) is 4.79 Å². The van der Waals surface area contributed by atoms with Crippen molar-refractivity contribution in [1.29, 1.82) is 0 Å². The van der Waals surface area contributed by atoms with Crippen LogP contribution in [0.2, 0.25) is 0 Å². The predicted molar refractivity (Wildman–Crippen MR) is 62.1 cm³/mol. The van der Waals surface area contributed by atoms with Crippen molar-refractivity contribution in [2.45, 2.75) is 19.3 Å². The Bertz CT molecular complexity index is 184. The van der Waals surface area contributed by atoms with Gasteiger partial charge in [0.1, 0.15) is 0 Å². The molecule has 0 unspecified atom stereocenters. The van der Waals surface area contributed by atoms with E-state index in [-0.39, 0.29) is 24.9 Å². The SMILES string of the molecule is CN(CCC1CCOCC1)C(=O)CN.Cl. The molecule has 90 valence electrons.